The van der Waals surface area contributed by atoms with Gasteiger partial charge >= 0.3 is 0 Å². The fourth-order valence-corrected chi connectivity index (χ4v) is 4.44. The number of amides is 1. The Kier molecular flexibility index (Phi) is 4.54. The maximum Gasteiger partial charge on any atom is 0.238 e. The average Bonchev–Trinajstić information content (AvgIpc) is 3.20. The van der Waals surface area contributed by atoms with Gasteiger partial charge in [-0.15, -0.1) is 11.3 Å². The van der Waals surface area contributed by atoms with Gasteiger partial charge in [-0.05, 0) is 18.2 Å². The maximum atomic E-state index is 13.3. The summed E-state index contributed by atoms with van der Waals surface area (Å²) >= 11 is 7.65. The first kappa shape index (κ1) is 17.9. The summed E-state index contributed by atoms with van der Waals surface area (Å²) in [7, 11) is 0. The van der Waals surface area contributed by atoms with E-state index in [-0.39, 0.29) is 5.91 Å². The molecule has 0 bridgehead atoms. The van der Waals surface area contributed by atoms with Gasteiger partial charge < -0.3 is 10.1 Å². The summed E-state index contributed by atoms with van der Waals surface area (Å²) in [6, 6.07) is 22.8. The van der Waals surface area contributed by atoms with Crippen LogP contribution in [0.1, 0.15) is 17.0 Å². The van der Waals surface area contributed by atoms with Crippen molar-refractivity contribution in [3.63, 3.8) is 0 Å². The molecular weight excluding hydrogens is 404 g/mol. The van der Waals surface area contributed by atoms with E-state index in [1.54, 1.807) is 0 Å². The van der Waals surface area contributed by atoms with Gasteiger partial charge in [0, 0.05) is 27.1 Å². The topological polar surface area (TPSA) is 51.2 Å². The van der Waals surface area contributed by atoms with Gasteiger partial charge in [0.25, 0.3) is 0 Å². The van der Waals surface area contributed by atoms with E-state index in [1.807, 2.05) is 78.2 Å². The van der Waals surface area contributed by atoms with E-state index < -0.39 is 5.92 Å². The van der Waals surface area contributed by atoms with Crippen molar-refractivity contribution in [2.75, 3.05) is 5.32 Å². The van der Waals surface area contributed by atoms with E-state index in [2.05, 4.69) is 10.3 Å². The zero-order valence-electron chi connectivity index (χ0n) is 15.1. The molecule has 0 saturated heterocycles. The minimum Gasteiger partial charge on any atom is -0.457 e. The van der Waals surface area contributed by atoms with Crippen molar-refractivity contribution in [2.45, 2.75) is 5.92 Å². The molecule has 1 aromatic heterocycles. The Morgan fingerprint density at radius 1 is 0.931 bits per heavy atom. The quantitative estimate of drug-likeness (QED) is 0.422. The Hall–Kier alpha value is -3.15. The minimum absolute atomic E-state index is 0.145. The number of hydrogen-bond acceptors (Lipinski definition) is 4. The highest BCUT2D eigenvalue weighted by Crippen LogP contribution is 2.44. The normalized spacial score (nSPS) is 12.6. The van der Waals surface area contributed by atoms with Crippen molar-refractivity contribution < 1.29 is 9.53 Å². The summed E-state index contributed by atoms with van der Waals surface area (Å²) in [5.74, 6) is 0.779. The van der Waals surface area contributed by atoms with Crippen LogP contribution in [0.25, 0.3) is 11.3 Å². The van der Waals surface area contributed by atoms with Crippen molar-refractivity contribution >= 4 is 34.0 Å². The standard InChI is InChI=1S/C23H15ClN2O2S/c24-17-10-4-1-7-14(17)18-13-29-23(25-18)26-22(27)21-15-8-2-5-11-19(15)28-20-12-6-3-9-16(20)21/h1-13,21H,(H,25,26,27). The molecule has 5 rings (SSSR count). The number of carbonyl (C=O) groups is 1. The van der Waals surface area contributed by atoms with Crippen LogP contribution in [0, 0.1) is 0 Å². The fourth-order valence-electron chi connectivity index (χ4n) is 3.49. The van der Waals surface area contributed by atoms with Crippen LogP contribution in [0.4, 0.5) is 5.13 Å². The second-order valence-corrected chi connectivity index (χ2v) is 7.88. The molecule has 1 aliphatic rings. The van der Waals surface area contributed by atoms with Gasteiger partial charge in [-0.1, -0.05) is 66.2 Å². The third kappa shape index (κ3) is 3.28. The van der Waals surface area contributed by atoms with Crippen molar-refractivity contribution in [3.05, 3.63) is 94.3 Å². The number of halogens is 1. The number of rotatable bonds is 3. The lowest BCUT2D eigenvalue weighted by molar-refractivity contribution is -0.116. The van der Waals surface area contributed by atoms with Gasteiger partial charge in [-0.2, -0.15) is 0 Å². The maximum absolute atomic E-state index is 13.3. The molecule has 142 valence electrons. The number of fused-ring (bicyclic) bond motifs is 2. The van der Waals surface area contributed by atoms with E-state index in [0.717, 1.165) is 22.4 Å². The SMILES string of the molecule is O=C(Nc1nc(-c2ccccc2Cl)cs1)C1c2ccccc2Oc2ccccc21. The predicted molar refractivity (Wildman–Crippen MR) is 116 cm³/mol. The van der Waals surface area contributed by atoms with Crippen LogP contribution in [0.5, 0.6) is 11.5 Å². The van der Waals surface area contributed by atoms with E-state index in [9.17, 15) is 4.79 Å². The van der Waals surface area contributed by atoms with Crippen LogP contribution in [-0.4, -0.2) is 10.9 Å². The van der Waals surface area contributed by atoms with Gasteiger partial charge in [0.1, 0.15) is 11.5 Å². The Morgan fingerprint density at radius 2 is 1.55 bits per heavy atom. The van der Waals surface area contributed by atoms with Crippen molar-refractivity contribution in [3.8, 4) is 22.8 Å². The molecule has 0 unspecified atom stereocenters. The Labute approximate surface area is 176 Å². The molecule has 4 aromatic rings. The molecule has 1 amide bonds. The van der Waals surface area contributed by atoms with Gasteiger partial charge in [-0.25, -0.2) is 4.98 Å². The molecule has 0 radical (unpaired) electrons. The number of carbonyl (C=O) groups excluding carboxylic acids is 1. The number of anilines is 1. The van der Waals surface area contributed by atoms with Crippen LogP contribution < -0.4 is 10.1 Å². The van der Waals surface area contributed by atoms with Crippen LogP contribution in [0.15, 0.2) is 78.2 Å². The third-order valence-corrected chi connectivity index (χ3v) is 5.91. The molecule has 3 aromatic carbocycles. The summed E-state index contributed by atoms with van der Waals surface area (Å²) in [5.41, 5.74) is 3.26. The zero-order valence-corrected chi connectivity index (χ0v) is 16.7. The Bertz CT molecular complexity index is 1180. The zero-order chi connectivity index (χ0) is 19.8. The molecule has 0 atom stereocenters. The molecule has 1 aliphatic heterocycles. The first-order valence-electron chi connectivity index (χ1n) is 9.08. The molecular formula is C23H15ClN2O2S. The van der Waals surface area contributed by atoms with Crippen LogP contribution in [0.2, 0.25) is 5.02 Å². The van der Waals surface area contributed by atoms with Crippen molar-refractivity contribution in [2.24, 2.45) is 0 Å². The minimum atomic E-state index is -0.469. The number of nitrogens with one attached hydrogen (secondary N) is 1. The number of aromatic nitrogens is 1. The predicted octanol–water partition coefficient (Wildman–Crippen LogP) is 6.34. The lowest BCUT2D eigenvalue weighted by Crippen LogP contribution is -2.25. The summed E-state index contributed by atoms with van der Waals surface area (Å²) in [6.45, 7) is 0. The molecule has 29 heavy (non-hydrogen) atoms. The third-order valence-electron chi connectivity index (χ3n) is 4.83. The van der Waals surface area contributed by atoms with Crippen molar-refractivity contribution in [1.29, 1.82) is 0 Å². The van der Waals surface area contributed by atoms with Gasteiger partial charge in [-0.3, -0.25) is 4.79 Å². The molecule has 2 heterocycles. The number of thiazole rings is 1. The van der Waals surface area contributed by atoms with Gasteiger partial charge in [0.2, 0.25) is 5.91 Å². The van der Waals surface area contributed by atoms with Gasteiger partial charge in [0.05, 0.1) is 11.6 Å². The first-order chi connectivity index (χ1) is 14.2. The molecule has 0 saturated carbocycles. The number of para-hydroxylation sites is 2. The summed E-state index contributed by atoms with van der Waals surface area (Å²) < 4.78 is 5.98. The second kappa shape index (κ2) is 7.35. The highest BCUT2D eigenvalue weighted by atomic mass is 35.5. The summed E-state index contributed by atoms with van der Waals surface area (Å²) in [5, 5.41) is 6.03. The number of nitrogens with zero attached hydrogens (tertiary/aromatic N) is 1. The lowest BCUT2D eigenvalue weighted by atomic mass is 9.87. The van der Waals surface area contributed by atoms with Crippen LogP contribution in [0.3, 0.4) is 0 Å². The molecule has 6 heteroatoms. The van der Waals surface area contributed by atoms with Crippen LogP contribution >= 0.6 is 22.9 Å². The van der Waals surface area contributed by atoms with Crippen molar-refractivity contribution in [1.82, 2.24) is 4.98 Å². The molecule has 1 N–H and O–H groups in total. The molecule has 0 aliphatic carbocycles. The number of ether oxygens (including phenoxy) is 1. The Balaban J connectivity index is 1.47. The van der Waals surface area contributed by atoms with E-state index in [0.29, 0.717) is 21.7 Å². The van der Waals surface area contributed by atoms with Gasteiger partial charge in [0.15, 0.2) is 5.13 Å². The smallest absolute Gasteiger partial charge is 0.238 e. The van der Waals surface area contributed by atoms with E-state index in [1.165, 1.54) is 11.3 Å². The highest BCUT2D eigenvalue weighted by Gasteiger charge is 2.32. The largest absolute Gasteiger partial charge is 0.457 e. The summed E-state index contributed by atoms with van der Waals surface area (Å²) in [6.07, 6.45) is 0. The monoisotopic (exact) mass is 418 g/mol. The second-order valence-electron chi connectivity index (χ2n) is 6.62. The number of hydrogen-bond donors (Lipinski definition) is 1. The average molecular weight is 419 g/mol. The lowest BCUT2D eigenvalue weighted by Gasteiger charge is -2.27. The van der Waals surface area contributed by atoms with E-state index >= 15 is 0 Å². The van der Waals surface area contributed by atoms with E-state index in [4.69, 9.17) is 16.3 Å². The summed E-state index contributed by atoms with van der Waals surface area (Å²) in [4.78, 5) is 17.8. The first-order valence-corrected chi connectivity index (χ1v) is 10.3. The Morgan fingerprint density at radius 3 is 2.24 bits per heavy atom. The van der Waals surface area contributed by atoms with Crippen LogP contribution in [-0.2, 0) is 4.79 Å². The number of benzene rings is 3. The molecule has 0 spiro atoms. The molecule has 4 nitrogen and oxygen atoms in total. The highest BCUT2D eigenvalue weighted by molar-refractivity contribution is 7.14. The fraction of sp³-hybridized carbons (Fsp3) is 0.0435. The molecule has 0 fully saturated rings.